The molecule has 0 aliphatic carbocycles. The number of hydrogen-bond acceptors (Lipinski definition) is 5. The third kappa shape index (κ3) is 2.73. The number of halogens is 1. The summed E-state index contributed by atoms with van der Waals surface area (Å²) in [5.74, 6) is 0.00664. The van der Waals surface area contributed by atoms with E-state index in [1.54, 1.807) is 14.0 Å². The van der Waals surface area contributed by atoms with E-state index >= 15 is 0 Å². The summed E-state index contributed by atoms with van der Waals surface area (Å²) in [6.07, 6.45) is 1.44. The van der Waals surface area contributed by atoms with Crippen LogP contribution in [0.15, 0.2) is 16.5 Å². The molecule has 0 unspecified atom stereocenters. The summed E-state index contributed by atoms with van der Waals surface area (Å²) in [4.78, 5) is 0. The average molecular weight is 317 g/mol. The van der Waals surface area contributed by atoms with Crippen LogP contribution in [0.4, 0.5) is 5.82 Å². The van der Waals surface area contributed by atoms with Gasteiger partial charge in [0.05, 0.1) is 4.34 Å². The quantitative estimate of drug-likeness (QED) is 0.939. The lowest BCUT2D eigenvalue weighted by Crippen LogP contribution is -2.12. The fraction of sp³-hybridized carbons (Fsp3) is 0.200. The monoisotopic (exact) mass is 316 g/mol. The summed E-state index contributed by atoms with van der Waals surface area (Å²) in [6, 6.07) is 3.35. The van der Waals surface area contributed by atoms with Gasteiger partial charge < -0.3 is 0 Å². The Hall–Kier alpha value is -1.56. The minimum absolute atomic E-state index is 0.00664. The molecule has 100 valence electrons. The molecular formula is C10H9ClN4O2S2. The van der Waals surface area contributed by atoms with Crippen LogP contribution in [0.2, 0.25) is 4.34 Å². The minimum atomic E-state index is -3.78. The Kier molecular flexibility index (Phi) is 3.54. The summed E-state index contributed by atoms with van der Waals surface area (Å²) in [5, 5.41) is 12.8. The Morgan fingerprint density at radius 3 is 2.79 bits per heavy atom. The molecule has 0 amide bonds. The van der Waals surface area contributed by atoms with E-state index in [-0.39, 0.29) is 15.6 Å². The number of thiophene rings is 1. The molecule has 0 spiro atoms. The summed E-state index contributed by atoms with van der Waals surface area (Å²) < 4.78 is 28.4. The summed E-state index contributed by atoms with van der Waals surface area (Å²) >= 11 is 6.81. The van der Waals surface area contributed by atoms with Gasteiger partial charge in [-0.25, -0.2) is 8.42 Å². The largest absolute Gasteiger partial charge is 0.272 e. The van der Waals surface area contributed by atoms with Gasteiger partial charge in [0.1, 0.15) is 15.8 Å². The van der Waals surface area contributed by atoms with Crippen molar-refractivity contribution in [3.8, 4) is 6.07 Å². The van der Waals surface area contributed by atoms with Crippen molar-refractivity contribution in [1.29, 1.82) is 5.26 Å². The second-order valence-electron chi connectivity index (χ2n) is 3.80. The number of anilines is 1. The molecule has 0 saturated heterocycles. The summed E-state index contributed by atoms with van der Waals surface area (Å²) in [6.45, 7) is 1.72. The Morgan fingerprint density at radius 2 is 2.26 bits per heavy atom. The second-order valence-corrected chi connectivity index (χ2v) is 7.37. The molecule has 2 rings (SSSR count). The van der Waals surface area contributed by atoms with E-state index < -0.39 is 10.0 Å². The molecule has 0 saturated carbocycles. The van der Waals surface area contributed by atoms with Gasteiger partial charge in [-0.05, 0) is 18.6 Å². The molecule has 6 nitrogen and oxygen atoms in total. The standard InChI is InChI=1S/C10H9ClN4O2S2/c1-6-3-8(18-9(6)11)19(16,17)14-10-7(4-12)5-15(2)13-10/h3,5H,1-2H3,(H,13,14). The van der Waals surface area contributed by atoms with E-state index in [9.17, 15) is 8.42 Å². The zero-order valence-corrected chi connectivity index (χ0v) is 12.4. The van der Waals surface area contributed by atoms with Crippen molar-refractivity contribution in [2.24, 2.45) is 7.05 Å². The Bertz CT molecular complexity index is 751. The maximum atomic E-state index is 12.1. The number of aromatic nitrogens is 2. The van der Waals surface area contributed by atoms with Gasteiger partial charge in [0.25, 0.3) is 10.0 Å². The highest BCUT2D eigenvalue weighted by atomic mass is 35.5. The highest BCUT2D eigenvalue weighted by Crippen LogP contribution is 2.31. The van der Waals surface area contributed by atoms with Crippen LogP contribution in [0.25, 0.3) is 0 Å². The van der Waals surface area contributed by atoms with Gasteiger partial charge in [-0.3, -0.25) is 9.40 Å². The summed E-state index contributed by atoms with van der Waals surface area (Å²) in [5.41, 5.74) is 0.846. The first-order valence-electron chi connectivity index (χ1n) is 5.06. The molecule has 0 aromatic carbocycles. The Morgan fingerprint density at radius 1 is 1.58 bits per heavy atom. The van der Waals surface area contributed by atoms with Crippen LogP contribution in [-0.2, 0) is 17.1 Å². The van der Waals surface area contributed by atoms with E-state index in [2.05, 4.69) is 9.82 Å². The third-order valence-corrected chi connectivity index (χ3v) is 5.65. The average Bonchev–Trinajstić information content (AvgIpc) is 2.83. The van der Waals surface area contributed by atoms with Crippen LogP contribution < -0.4 is 4.72 Å². The van der Waals surface area contributed by atoms with Crippen LogP contribution in [0, 0.1) is 18.3 Å². The topological polar surface area (TPSA) is 87.8 Å². The fourth-order valence-electron chi connectivity index (χ4n) is 1.39. The lowest BCUT2D eigenvalue weighted by molar-refractivity contribution is 0.602. The van der Waals surface area contributed by atoms with Crippen LogP contribution in [0.5, 0.6) is 0 Å². The second kappa shape index (κ2) is 4.85. The van der Waals surface area contributed by atoms with Crippen molar-refractivity contribution < 1.29 is 8.42 Å². The maximum Gasteiger partial charge on any atom is 0.272 e. The molecule has 0 radical (unpaired) electrons. The smallest absolute Gasteiger partial charge is 0.272 e. The maximum absolute atomic E-state index is 12.1. The van der Waals surface area contributed by atoms with E-state index in [1.165, 1.54) is 16.9 Å². The summed E-state index contributed by atoms with van der Waals surface area (Å²) in [7, 11) is -2.18. The van der Waals surface area contributed by atoms with Crippen molar-refractivity contribution in [2.75, 3.05) is 4.72 Å². The van der Waals surface area contributed by atoms with Gasteiger partial charge in [-0.2, -0.15) is 10.4 Å². The number of nitriles is 1. The molecule has 2 aromatic heterocycles. The van der Waals surface area contributed by atoms with Crippen LogP contribution in [-0.4, -0.2) is 18.2 Å². The predicted molar refractivity (Wildman–Crippen MR) is 72.8 cm³/mol. The number of nitrogens with zero attached hydrogens (tertiary/aromatic N) is 3. The van der Waals surface area contributed by atoms with Crippen LogP contribution >= 0.6 is 22.9 Å². The SMILES string of the molecule is Cc1cc(S(=O)(=O)Nc2nn(C)cc2C#N)sc1Cl. The van der Waals surface area contributed by atoms with Crippen LogP contribution in [0.1, 0.15) is 11.1 Å². The van der Waals surface area contributed by atoms with Gasteiger partial charge in [0, 0.05) is 13.2 Å². The molecule has 1 N–H and O–H groups in total. The number of hydrogen-bond donors (Lipinski definition) is 1. The van der Waals surface area contributed by atoms with Crippen molar-refractivity contribution in [1.82, 2.24) is 9.78 Å². The van der Waals surface area contributed by atoms with Crippen molar-refractivity contribution >= 4 is 38.8 Å². The van der Waals surface area contributed by atoms with Crippen molar-refractivity contribution in [2.45, 2.75) is 11.1 Å². The lowest BCUT2D eigenvalue weighted by Gasteiger charge is -2.02. The Labute approximate surface area is 119 Å². The van der Waals surface area contributed by atoms with Crippen LogP contribution in [0.3, 0.4) is 0 Å². The van der Waals surface area contributed by atoms with Crippen molar-refractivity contribution in [3.05, 3.63) is 27.7 Å². The third-order valence-electron chi connectivity index (χ3n) is 2.28. The lowest BCUT2D eigenvalue weighted by atomic mass is 10.4. The predicted octanol–water partition coefficient (Wildman–Crippen LogP) is 2.12. The highest BCUT2D eigenvalue weighted by Gasteiger charge is 2.21. The minimum Gasteiger partial charge on any atom is -0.272 e. The van der Waals surface area contributed by atoms with E-state index in [0.717, 1.165) is 11.3 Å². The van der Waals surface area contributed by atoms with E-state index in [1.807, 2.05) is 6.07 Å². The fourth-order valence-corrected chi connectivity index (χ4v) is 4.11. The molecular weight excluding hydrogens is 308 g/mol. The van der Waals surface area contributed by atoms with E-state index in [0.29, 0.717) is 9.90 Å². The normalized spacial score (nSPS) is 11.3. The number of aryl methyl sites for hydroxylation is 2. The first-order chi connectivity index (χ1) is 8.83. The highest BCUT2D eigenvalue weighted by molar-refractivity contribution is 7.94. The number of nitrogens with one attached hydrogen (secondary N) is 1. The molecule has 2 heterocycles. The van der Waals surface area contributed by atoms with E-state index in [4.69, 9.17) is 16.9 Å². The molecule has 2 aromatic rings. The molecule has 19 heavy (non-hydrogen) atoms. The molecule has 0 aliphatic rings. The molecule has 0 fully saturated rings. The molecule has 0 bridgehead atoms. The van der Waals surface area contributed by atoms with Gasteiger partial charge >= 0.3 is 0 Å². The zero-order chi connectivity index (χ0) is 14.2. The molecule has 0 atom stereocenters. The van der Waals surface area contributed by atoms with Gasteiger partial charge in [-0.1, -0.05) is 11.6 Å². The molecule has 9 heteroatoms. The number of sulfonamides is 1. The van der Waals surface area contributed by atoms with Gasteiger partial charge in [0.2, 0.25) is 0 Å². The Balaban J connectivity index is 2.39. The van der Waals surface area contributed by atoms with Gasteiger partial charge in [-0.15, -0.1) is 11.3 Å². The van der Waals surface area contributed by atoms with Gasteiger partial charge in [0.15, 0.2) is 5.82 Å². The first kappa shape index (κ1) is 13.9. The zero-order valence-electron chi connectivity index (χ0n) is 10.0. The van der Waals surface area contributed by atoms with Crippen molar-refractivity contribution in [3.63, 3.8) is 0 Å². The molecule has 0 aliphatic heterocycles. The first-order valence-corrected chi connectivity index (χ1v) is 7.74. The number of rotatable bonds is 3.